The number of hydrogen-bond acceptors (Lipinski definition) is 9. The number of halogens is 1. The molecule has 0 unspecified atom stereocenters. The normalized spacial score (nSPS) is 9.34. The summed E-state index contributed by atoms with van der Waals surface area (Å²) in [6.07, 6.45) is 6.29. The molecule has 0 saturated carbocycles. The number of methoxy groups -OCH3 is 2. The van der Waals surface area contributed by atoms with E-state index in [9.17, 15) is 9.18 Å². The van der Waals surface area contributed by atoms with Crippen molar-refractivity contribution in [2.24, 2.45) is 0 Å². The third kappa shape index (κ3) is 7.15. The smallest absolute Gasteiger partial charge is 0.325 e. The second kappa shape index (κ2) is 14.2. The van der Waals surface area contributed by atoms with Crippen molar-refractivity contribution in [2.45, 2.75) is 13.8 Å². The number of carbonyl (C=O) groups is 1. The topological polar surface area (TPSA) is 99.6 Å². The first-order chi connectivity index (χ1) is 15.6. The molecular weight excluding hydrogens is 417 g/mol. The third-order valence-electron chi connectivity index (χ3n) is 3.79. The summed E-state index contributed by atoms with van der Waals surface area (Å²) in [5.74, 6) is 1.23. The Morgan fingerprint density at radius 1 is 0.938 bits per heavy atom. The molecule has 0 N–H and O–H groups in total. The number of anilines is 1. The summed E-state index contributed by atoms with van der Waals surface area (Å²) >= 11 is 0. The van der Waals surface area contributed by atoms with Crippen LogP contribution in [0.25, 0.3) is 11.1 Å². The number of alkyl halides is 1. The van der Waals surface area contributed by atoms with E-state index in [2.05, 4.69) is 24.7 Å². The number of esters is 1. The van der Waals surface area contributed by atoms with Crippen LogP contribution in [-0.2, 0) is 9.53 Å². The molecule has 0 bridgehead atoms. The van der Waals surface area contributed by atoms with Crippen molar-refractivity contribution in [3.8, 4) is 28.6 Å². The molecule has 3 heterocycles. The van der Waals surface area contributed by atoms with Crippen LogP contribution in [0.2, 0.25) is 0 Å². The molecule has 0 aliphatic heterocycles. The molecule has 0 radical (unpaired) electrons. The lowest BCUT2D eigenvalue weighted by atomic mass is 10.1. The van der Waals surface area contributed by atoms with Crippen LogP contribution in [0.3, 0.4) is 0 Å². The summed E-state index contributed by atoms with van der Waals surface area (Å²) in [5, 5.41) is 0. The summed E-state index contributed by atoms with van der Waals surface area (Å²) in [6.45, 7) is 4.04. The van der Waals surface area contributed by atoms with Crippen LogP contribution >= 0.6 is 0 Å². The molecule has 0 aliphatic rings. The SMILES string of the molecule is CC.CF.COC(=O)CN(C)c1ncc(Oc2ncccc2-c2cccnc2OC)cn1. The highest BCUT2D eigenvalue weighted by molar-refractivity contribution is 5.74. The number of likely N-dealkylation sites (N-methyl/N-ethyl adjacent to an activating group) is 1. The predicted octanol–water partition coefficient (Wildman–Crippen LogP) is 3.96. The van der Waals surface area contributed by atoms with Gasteiger partial charge >= 0.3 is 5.97 Å². The van der Waals surface area contributed by atoms with E-state index < -0.39 is 0 Å². The standard InChI is InChI=1S/C19H19N5O4.C2H6.CH3F/c1-24(12-16(25)26-2)19-22-10-13(11-23-19)28-18-15(7-5-9-21-18)14-6-4-8-20-17(14)27-3;2*1-2/h4-11H,12H2,1-3H3;1-2H3;1H3. The van der Waals surface area contributed by atoms with Crippen LogP contribution in [0.1, 0.15) is 13.8 Å². The number of pyridine rings is 2. The average Bonchev–Trinajstić information content (AvgIpc) is 2.87. The highest BCUT2D eigenvalue weighted by Crippen LogP contribution is 2.35. The second-order valence-electron chi connectivity index (χ2n) is 5.67. The maximum Gasteiger partial charge on any atom is 0.325 e. The fourth-order valence-electron chi connectivity index (χ4n) is 2.44. The van der Waals surface area contributed by atoms with Crippen molar-refractivity contribution in [1.29, 1.82) is 0 Å². The van der Waals surface area contributed by atoms with Gasteiger partial charge in [0, 0.05) is 30.6 Å². The van der Waals surface area contributed by atoms with Crippen molar-refractivity contribution in [3.05, 3.63) is 49.1 Å². The van der Waals surface area contributed by atoms with Crippen LogP contribution in [-0.4, -0.2) is 60.9 Å². The highest BCUT2D eigenvalue weighted by atomic mass is 19.1. The quantitative estimate of drug-likeness (QED) is 0.500. The maximum atomic E-state index is 11.4. The molecule has 0 amide bonds. The first kappa shape index (κ1) is 26.2. The van der Waals surface area contributed by atoms with Crippen molar-refractivity contribution in [1.82, 2.24) is 19.9 Å². The van der Waals surface area contributed by atoms with Gasteiger partial charge in [-0.1, -0.05) is 13.8 Å². The molecular formula is C22H28FN5O4. The van der Waals surface area contributed by atoms with Crippen molar-refractivity contribution >= 4 is 11.9 Å². The van der Waals surface area contributed by atoms with E-state index >= 15 is 0 Å². The first-order valence-electron chi connectivity index (χ1n) is 9.72. The first-order valence-corrected chi connectivity index (χ1v) is 9.72. The van der Waals surface area contributed by atoms with E-state index in [1.165, 1.54) is 19.5 Å². The molecule has 0 spiro atoms. The number of carbonyl (C=O) groups excluding carboxylic acids is 1. The van der Waals surface area contributed by atoms with Crippen molar-refractivity contribution < 1.29 is 23.4 Å². The van der Waals surface area contributed by atoms with Crippen molar-refractivity contribution in [2.75, 3.05) is 39.9 Å². The van der Waals surface area contributed by atoms with Gasteiger partial charge in [-0.25, -0.2) is 19.9 Å². The molecule has 0 atom stereocenters. The van der Waals surface area contributed by atoms with E-state index in [1.807, 2.05) is 32.0 Å². The number of nitrogens with zero attached hydrogens (tertiary/aromatic N) is 5. The molecule has 3 aromatic rings. The Hall–Kier alpha value is -3.82. The number of ether oxygens (including phenoxy) is 3. The molecule has 32 heavy (non-hydrogen) atoms. The van der Waals surface area contributed by atoms with Crippen LogP contribution in [0.5, 0.6) is 17.5 Å². The summed E-state index contributed by atoms with van der Waals surface area (Å²) in [5.41, 5.74) is 1.47. The summed E-state index contributed by atoms with van der Waals surface area (Å²) < 4.78 is 25.3. The minimum atomic E-state index is -0.380. The van der Waals surface area contributed by atoms with Gasteiger partial charge in [-0.05, 0) is 24.3 Å². The van der Waals surface area contributed by atoms with Gasteiger partial charge in [0.2, 0.25) is 17.7 Å². The molecule has 0 aliphatic carbocycles. The van der Waals surface area contributed by atoms with Gasteiger partial charge in [-0.2, -0.15) is 0 Å². The van der Waals surface area contributed by atoms with E-state index in [0.29, 0.717) is 30.6 Å². The van der Waals surface area contributed by atoms with E-state index in [-0.39, 0.29) is 12.5 Å². The monoisotopic (exact) mass is 445 g/mol. The second-order valence-corrected chi connectivity index (χ2v) is 5.67. The van der Waals surface area contributed by atoms with E-state index in [4.69, 9.17) is 9.47 Å². The van der Waals surface area contributed by atoms with Gasteiger partial charge in [0.1, 0.15) is 6.54 Å². The maximum absolute atomic E-state index is 11.4. The average molecular weight is 445 g/mol. The lowest BCUT2D eigenvalue weighted by Gasteiger charge is -2.15. The van der Waals surface area contributed by atoms with E-state index in [0.717, 1.165) is 11.1 Å². The van der Waals surface area contributed by atoms with Gasteiger partial charge in [-0.3, -0.25) is 9.18 Å². The van der Waals surface area contributed by atoms with Crippen LogP contribution in [0.4, 0.5) is 10.3 Å². The number of hydrogen-bond donors (Lipinski definition) is 0. The number of aromatic nitrogens is 4. The highest BCUT2D eigenvalue weighted by Gasteiger charge is 2.15. The summed E-state index contributed by atoms with van der Waals surface area (Å²) in [7, 11) is 5.08. The minimum absolute atomic E-state index is 0.0435. The van der Waals surface area contributed by atoms with Gasteiger partial charge < -0.3 is 19.1 Å². The van der Waals surface area contributed by atoms with Gasteiger partial charge in [0.05, 0.1) is 33.8 Å². The Morgan fingerprint density at radius 2 is 1.47 bits per heavy atom. The molecule has 3 aromatic heterocycles. The zero-order valence-corrected chi connectivity index (χ0v) is 19.1. The van der Waals surface area contributed by atoms with Crippen LogP contribution in [0, 0.1) is 0 Å². The fourth-order valence-corrected chi connectivity index (χ4v) is 2.44. The molecule has 0 saturated heterocycles. The van der Waals surface area contributed by atoms with Gasteiger partial charge in [0.25, 0.3) is 0 Å². The van der Waals surface area contributed by atoms with Gasteiger partial charge in [-0.15, -0.1) is 0 Å². The molecule has 10 heteroatoms. The van der Waals surface area contributed by atoms with Gasteiger partial charge in [0.15, 0.2) is 5.75 Å². The van der Waals surface area contributed by atoms with Crippen LogP contribution < -0.4 is 14.4 Å². The predicted molar refractivity (Wildman–Crippen MR) is 120 cm³/mol. The number of rotatable bonds is 7. The molecule has 9 nitrogen and oxygen atoms in total. The minimum Gasteiger partial charge on any atom is -0.481 e. The molecule has 172 valence electrons. The Bertz CT molecular complexity index is 957. The lowest BCUT2D eigenvalue weighted by molar-refractivity contribution is -0.138. The lowest BCUT2D eigenvalue weighted by Crippen LogP contribution is -2.27. The van der Waals surface area contributed by atoms with Crippen molar-refractivity contribution in [3.63, 3.8) is 0 Å². The summed E-state index contributed by atoms with van der Waals surface area (Å²) in [4.78, 5) is 29.9. The Balaban J connectivity index is 0.00000121. The largest absolute Gasteiger partial charge is 0.481 e. The zero-order chi connectivity index (χ0) is 23.9. The van der Waals surface area contributed by atoms with Crippen LogP contribution in [0.15, 0.2) is 49.1 Å². The van der Waals surface area contributed by atoms with E-state index in [1.54, 1.807) is 37.5 Å². The molecule has 0 aromatic carbocycles. The molecule has 0 fully saturated rings. The Morgan fingerprint density at radius 3 is 2.00 bits per heavy atom. The molecule has 3 rings (SSSR count). The fraction of sp³-hybridized carbons (Fsp3) is 0.318. The summed E-state index contributed by atoms with van der Waals surface area (Å²) in [6, 6.07) is 7.35. The Labute approximate surface area is 187 Å². The Kier molecular flexibility index (Phi) is 11.7. The third-order valence-corrected chi connectivity index (χ3v) is 3.79. The zero-order valence-electron chi connectivity index (χ0n) is 19.1.